The smallest absolute Gasteiger partial charge is 0.218 e. The standard InChI is InChI=1S/C19H19N3S2/c1-19(2,3)24-23-18-20-16(14-10-6-4-7-11-14)17(21-22-18)15-12-8-5-9-13-15/h4-13H,1-3H3. The first-order valence-corrected chi connectivity index (χ1v) is 9.89. The van der Waals surface area contributed by atoms with Gasteiger partial charge in [0.2, 0.25) is 5.16 Å². The van der Waals surface area contributed by atoms with E-state index in [1.54, 1.807) is 21.6 Å². The van der Waals surface area contributed by atoms with Crippen molar-refractivity contribution >= 4 is 21.6 Å². The number of hydrogen-bond donors (Lipinski definition) is 0. The summed E-state index contributed by atoms with van der Waals surface area (Å²) in [6.45, 7) is 6.53. The molecule has 3 nitrogen and oxygen atoms in total. The molecule has 0 saturated carbocycles. The lowest BCUT2D eigenvalue weighted by Gasteiger charge is -2.15. The van der Waals surface area contributed by atoms with Crippen molar-refractivity contribution in [2.24, 2.45) is 0 Å². The molecular weight excluding hydrogens is 334 g/mol. The van der Waals surface area contributed by atoms with Crippen molar-refractivity contribution in [2.45, 2.75) is 30.7 Å². The largest absolute Gasteiger partial charge is 0.220 e. The fourth-order valence-corrected chi connectivity index (χ4v) is 3.81. The van der Waals surface area contributed by atoms with Gasteiger partial charge in [0.1, 0.15) is 11.4 Å². The maximum atomic E-state index is 4.79. The lowest BCUT2D eigenvalue weighted by atomic mass is 10.0. The molecule has 0 saturated heterocycles. The van der Waals surface area contributed by atoms with Crippen molar-refractivity contribution < 1.29 is 0 Å². The minimum atomic E-state index is 0.138. The van der Waals surface area contributed by atoms with Gasteiger partial charge in [-0.3, -0.25) is 0 Å². The molecule has 0 atom stereocenters. The highest BCUT2D eigenvalue weighted by Crippen LogP contribution is 2.39. The summed E-state index contributed by atoms with van der Waals surface area (Å²) >= 11 is 0. The second-order valence-electron chi connectivity index (χ2n) is 6.30. The molecule has 122 valence electrons. The van der Waals surface area contributed by atoms with Crippen LogP contribution in [0.25, 0.3) is 22.5 Å². The molecule has 0 amide bonds. The van der Waals surface area contributed by atoms with E-state index in [0.717, 1.165) is 22.5 Å². The molecule has 0 unspecified atom stereocenters. The van der Waals surface area contributed by atoms with Crippen molar-refractivity contribution in [2.75, 3.05) is 0 Å². The first kappa shape index (κ1) is 17.0. The van der Waals surface area contributed by atoms with Crippen LogP contribution in [0.1, 0.15) is 20.8 Å². The number of hydrogen-bond acceptors (Lipinski definition) is 5. The van der Waals surface area contributed by atoms with Crippen molar-refractivity contribution in [3.63, 3.8) is 0 Å². The van der Waals surface area contributed by atoms with Gasteiger partial charge in [-0.2, -0.15) is 0 Å². The van der Waals surface area contributed by atoms with E-state index in [9.17, 15) is 0 Å². The minimum absolute atomic E-state index is 0.138. The molecule has 0 spiro atoms. The van der Waals surface area contributed by atoms with Gasteiger partial charge in [-0.05, 0) is 10.8 Å². The summed E-state index contributed by atoms with van der Waals surface area (Å²) in [7, 11) is 3.32. The predicted molar refractivity (Wildman–Crippen MR) is 104 cm³/mol. The maximum absolute atomic E-state index is 4.79. The molecule has 0 radical (unpaired) electrons. The summed E-state index contributed by atoms with van der Waals surface area (Å²) in [5, 5.41) is 9.49. The molecule has 1 heterocycles. The van der Waals surface area contributed by atoms with Gasteiger partial charge < -0.3 is 0 Å². The van der Waals surface area contributed by atoms with Gasteiger partial charge in [0, 0.05) is 15.9 Å². The topological polar surface area (TPSA) is 38.7 Å². The van der Waals surface area contributed by atoms with E-state index in [-0.39, 0.29) is 4.75 Å². The van der Waals surface area contributed by atoms with Crippen LogP contribution in [-0.2, 0) is 0 Å². The summed E-state index contributed by atoms with van der Waals surface area (Å²) in [5.41, 5.74) is 3.76. The van der Waals surface area contributed by atoms with Gasteiger partial charge in [0.15, 0.2) is 0 Å². The molecule has 0 aliphatic heterocycles. The zero-order valence-corrected chi connectivity index (χ0v) is 15.6. The van der Waals surface area contributed by atoms with E-state index in [1.807, 2.05) is 48.5 Å². The number of benzene rings is 2. The first-order chi connectivity index (χ1) is 11.5. The van der Waals surface area contributed by atoms with E-state index >= 15 is 0 Å². The van der Waals surface area contributed by atoms with Gasteiger partial charge in [-0.15, -0.1) is 10.2 Å². The highest BCUT2D eigenvalue weighted by Gasteiger charge is 2.17. The molecule has 5 heteroatoms. The average Bonchev–Trinajstić information content (AvgIpc) is 2.61. The lowest BCUT2D eigenvalue weighted by molar-refractivity contribution is 0.809. The number of rotatable bonds is 4. The van der Waals surface area contributed by atoms with Gasteiger partial charge in [-0.25, -0.2) is 4.98 Å². The Morgan fingerprint density at radius 3 is 1.79 bits per heavy atom. The SMILES string of the molecule is CC(C)(C)SSc1nnc(-c2ccccc2)c(-c2ccccc2)n1. The summed E-state index contributed by atoms with van der Waals surface area (Å²) < 4.78 is 0.138. The van der Waals surface area contributed by atoms with E-state index < -0.39 is 0 Å². The third-order valence-electron chi connectivity index (χ3n) is 3.13. The Morgan fingerprint density at radius 2 is 1.25 bits per heavy atom. The normalized spacial score (nSPS) is 11.5. The summed E-state index contributed by atoms with van der Waals surface area (Å²) in [6.07, 6.45) is 0. The molecule has 0 aliphatic rings. The fourth-order valence-electron chi connectivity index (χ4n) is 2.10. The molecule has 0 N–H and O–H groups in total. The quantitative estimate of drug-likeness (QED) is 0.559. The highest BCUT2D eigenvalue weighted by molar-refractivity contribution is 8.77. The van der Waals surface area contributed by atoms with Gasteiger partial charge in [0.05, 0.1) is 0 Å². The predicted octanol–water partition coefficient (Wildman–Crippen LogP) is 5.74. The van der Waals surface area contributed by atoms with Gasteiger partial charge in [0.25, 0.3) is 0 Å². The Labute approximate surface area is 150 Å². The first-order valence-electron chi connectivity index (χ1n) is 7.74. The molecule has 1 aromatic heterocycles. The van der Waals surface area contributed by atoms with Crippen LogP contribution in [-0.4, -0.2) is 19.9 Å². The van der Waals surface area contributed by atoms with Crippen LogP contribution < -0.4 is 0 Å². The van der Waals surface area contributed by atoms with Crippen molar-refractivity contribution in [3.8, 4) is 22.5 Å². The monoisotopic (exact) mass is 353 g/mol. The van der Waals surface area contributed by atoms with Crippen LogP contribution in [0.2, 0.25) is 0 Å². The third-order valence-corrected chi connectivity index (χ3v) is 6.23. The van der Waals surface area contributed by atoms with Crippen molar-refractivity contribution in [1.29, 1.82) is 0 Å². The van der Waals surface area contributed by atoms with E-state index in [0.29, 0.717) is 5.16 Å². The molecule has 0 bridgehead atoms. The maximum Gasteiger partial charge on any atom is 0.220 e. The molecule has 3 rings (SSSR count). The van der Waals surface area contributed by atoms with Crippen LogP contribution in [0.15, 0.2) is 65.8 Å². The molecule has 24 heavy (non-hydrogen) atoms. The zero-order valence-electron chi connectivity index (χ0n) is 13.9. The van der Waals surface area contributed by atoms with Crippen LogP contribution in [0.3, 0.4) is 0 Å². The number of aromatic nitrogens is 3. The fraction of sp³-hybridized carbons (Fsp3) is 0.211. The second-order valence-corrected chi connectivity index (χ2v) is 9.23. The van der Waals surface area contributed by atoms with Gasteiger partial charge >= 0.3 is 0 Å². The Bertz CT molecular complexity index is 800. The van der Waals surface area contributed by atoms with Crippen LogP contribution >= 0.6 is 21.6 Å². The van der Waals surface area contributed by atoms with E-state index in [1.165, 1.54) is 0 Å². The number of nitrogens with zero attached hydrogens (tertiary/aromatic N) is 3. The van der Waals surface area contributed by atoms with Crippen molar-refractivity contribution in [1.82, 2.24) is 15.2 Å². The Hall–Kier alpha value is -1.85. The highest BCUT2D eigenvalue weighted by atomic mass is 33.1. The summed E-state index contributed by atoms with van der Waals surface area (Å²) in [4.78, 5) is 4.79. The zero-order chi connectivity index (χ0) is 17.0. The van der Waals surface area contributed by atoms with Crippen LogP contribution in [0.5, 0.6) is 0 Å². The summed E-state index contributed by atoms with van der Waals surface area (Å²) in [5.74, 6) is 0. The second kappa shape index (κ2) is 7.36. The minimum Gasteiger partial charge on any atom is -0.218 e. The van der Waals surface area contributed by atoms with Crippen LogP contribution in [0, 0.1) is 0 Å². The van der Waals surface area contributed by atoms with Crippen molar-refractivity contribution in [3.05, 3.63) is 60.7 Å². The Balaban J connectivity index is 2.03. The molecule has 0 aliphatic carbocycles. The molecular formula is C19H19N3S2. The van der Waals surface area contributed by atoms with E-state index in [2.05, 4.69) is 43.1 Å². The molecule has 3 aromatic rings. The molecule has 2 aromatic carbocycles. The molecule has 0 fully saturated rings. The Morgan fingerprint density at radius 1 is 0.708 bits per heavy atom. The Kier molecular flexibility index (Phi) is 5.21. The third kappa shape index (κ3) is 4.36. The summed E-state index contributed by atoms with van der Waals surface area (Å²) in [6, 6.07) is 20.2. The average molecular weight is 354 g/mol. The van der Waals surface area contributed by atoms with Crippen LogP contribution in [0.4, 0.5) is 0 Å². The lowest BCUT2D eigenvalue weighted by Crippen LogP contribution is -2.05. The van der Waals surface area contributed by atoms with Gasteiger partial charge in [-0.1, -0.05) is 92.2 Å². The van der Waals surface area contributed by atoms with E-state index in [4.69, 9.17) is 4.98 Å².